The Morgan fingerprint density at radius 1 is 1.00 bits per heavy atom. The highest BCUT2D eigenvalue weighted by atomic mass is 16.7. The van der Waals surface area contributed by atoms with Crippen LogP contribution >= 0.6 is 0 Å². The maximum Gasteiger partial charge on any atom is 0.236 e. The molecule has 0 N–H and O–H groups in total. The monoisotopic (exact) mass is 371 g/mol. The van der Waals surface area contributed by atoms with Gasteiger partial charge in [-0.25, -0.2) is 4.90 Å². The molecule has 3 rings (SSSR count). The first kappa shape index (κ1) is 24.7. The molecule has 0 radical (unpaired) electrons. The van der Waals surface area contributed by atoms with Gasteiger partial charge in [-0.1, -0.05) is 47.0 Å². The molecule has 1 aliphatic carbocycles. The van der Waals surface area contributed by atoms with Gasteiger partial charge in [0.1, 0.15) is 0 Å². The first-order valence-corrected chi connectivity index (χ1v) is 9.93. The number of rotatable bonds is 0. The Balaban J connectivity index is 0.000000388. The summed E-state index contributed by atoms with van der Waals surface area (Å²) in [4.78, 5) is 32.7. The summed E-state index contributed by atoms with van der Waals surface area (Å²) in [5, 5.41) is 0. The molecule has 2 heterocycles. The summed E-state index contributed by atoms with van der Waals surface area (Å²) in [7, 11) is 0. The van der Waals surface area contributed by atoms with Crippen molar-refractivity contribution in [1.29, 1.82) is 0 Å². The first-order valence-electron chi connectivity index (χ1n) is 9.93. The Morgan fingerprint density at radius 2 is 1.35 bits per heavy atom. The molecule has 2 unspecified atom stereocenters. The molecule has 6 heteroatoms. The third kappa shape index (κ3) is 7.96. The van der Waals surface area contributed by atoms with Crippen LogP contribution in [0.4, 0.5) is 0 Å². The number of hydrogen-bond donors (Lipinski definition) is 0. The lowest BCUT2D eigenvalue weighted by atomic mass is 9.95. The van der Waals surface area contributed by atoms with Crippen molar-refractivity contribution in [3.05, 3.63) is 0 Å². The van der Waals surface area contributed by atoms with E-state index in [0.29, 0.717) is 17.1 Å². The lowest BCUT2D eigenvalue weighted by Crippen LogP contribution is -2.33. The van der Waals surface area contributed by atoms with Crippen LogP contribution in [0.3, 0.4) is 0 Å². The van der Waals surface area contributed by atoms with Crippen molar-refractivity contribution in [3.63, 3.8) is 0 Å². The van der Waals surface area contributed by atoms with Crippen LogP contribution in [0.15, 0.2) is 0 Å². The molecular formula is C20H37NO5. The minimum Gasteiger partial charge on any atom is -0.345 e. The van der Waals surface area contributed by atoms with Gasteiger partial charge in [-0.3, -0.25) is 14.4 Å². The summed E-state index contributed by atoms with van der Waals surface area (Å²) in [6, 6.07) is 0. The van der Waals surface area contributed by atoms with E-state index in [1.54, 1.807) is 0 Å². The van der Waals surface area contributed by atoms with Crippen molar-refractivity contribution in [2.45, 2.75) is 111 Å². The maximum atomic E-state index is 10.7. The van der Waals surface area contributed by atoms with Gasteiger partial charge < -0.3 is 9.47 Å². The van der Waals surface area contributed by atoms with E-state index in [9.17, 15) is 14.4 Å². The van der Waals surface area contributed by atoms with Crippen LogP contribution in [-0.2, 0) is 23.9 Å². The van der Waals surface area contributed by atoms with Gasteiger partial charge in [-0.05, 0) is 26.7 Å². The molecule has 0 bridgehead atoms. The Kier molecular flexibility index (Phi) is 11.6. The lowest BCUT2D eigenvalue weighted by molar-refractivity contribution is -0.148. The van der Waals surface area contributed by atoms with E-state index in [-0.39, 0.29) is 30.4 Å². The van der Waals surface area contributed by atoms with E-state index < -0.39 is 5.91 Å². The van der Waals surface area contributed by atoms with Crippen molar-refractivity contribution < 1.29 is 23.9 Å². The number of hydrogen-bond acceptors (Lipinski definition) is 5. The van der Waals surface area contributed by atoms with Crippen LogP contribution in [0.1, 0.15) is 93.4 Å². The van der Waals surface area contributed by atoms with Crippen LogP contribution in [0.25, 0.3) is 0 Å². The standard InChI is InChI=1S/C9H16O2.C6H7NO3.C3H8.C2H6/c1-9(2)10-7-5-3-4-6-8(7)11-9;1-4(8)7-5(9)2-3-6(7)10;1-3-2;1-2/h7-8H,3-6H2,1-2H3;2-3H2,1H3;3H2,1-2H3;1-2H3. The fourth-order valence-electron chi connectivity index (χ4n) is 3.02. The quantitative estimate of drug-likeness (QED) is 0.597. The van der Waals surface area contributed by atoms with Gasteiger partial charge in [0.25, 0.3) is 0 Å². The number of imide groups is 3. The lowest BCUT2D eigenvalue weighted by Gasteiger charge is -2.21. The second-order valence-electron chi connectivity index (χ2n) is 6.85. The van der Waals surface area contributed by atoms with Crippen molar-refractivity contribution >= 4 is 17.7 Å². The van der Waals surface area contributed by atoms with E-state index in [2.05, 4.69) is 13.8 Å². The zero-order valence-corrected chi connectivity index (χ0v) is 17.6. The Morgan fingerprint density at radius 3 is 1.62 bits per heavy atom. The van der Waals surface area contributed by atoms with Crippen molar-refractivity contribution in [3.8, 4) is 0 Å². The summed E-state index contributed by atoms with van der Waals surface area (Å²) < 4.78 is 11.5. The summed E-state index contributed by atoms with van der Waals surface area (Å²) >= 11 is 0. The molecule has 2 saturated heterocycles. The average molecular weight is 372 g/mol. The van der Waals surface area contributed by atoms with Gasteiger partial charge in [0.05, 0.1) is 12.2 Å². The molecule has 0 spiro atoms. The first-order chi connectivity index (χ1) is 12.2. The molecule has 2 aliphatic heterocycles. The average Bonchev–Trinajstić information content (AvgIpc) is 3.07. The number of nitrogens with zero attached hydrogens (tertiary/aromatic N) is 1. The molecule has 3 aliphatic rings. The summed E-state index contributed by atoms with van der Waals surface area (Å²) in [5.41, 5.74) is 0. The topological polar surface area (TPSA) is 72.9 Å². The molecule has 152 valence electrons. The van der Waals surface area contributed by atoms with E-state index in [1.807, 2.05) is 27.7 Å². The van der Waals surface area contributed by atoms with Gasteiger partial charge in [0.15, 0.2) is 5.79 Å². The maximum absolute atomic E-state index is 10.7. The fourth-order valence-corrected chi connectivity index (χ4v) is 3.02. The molecule has 3 amide bonds. The number of carbonyl (C=O) groups is 3. The highest BCUT2D eigenvalue weighted by Gasteiger charge is 2.41. The van der Waals surface area contributed by atoms with Crippen LogP contribution in [0.2, 0.25) is 0 Å². The molecular weight excluding hydrogens is 334 g/mol. The van der Waals surface area contributed by atoms with E-state index in [0.717, 1.165) is 0 Å². The summed E-state index contributed by atoms with van der Waals surface area (Å²) in [6.45, 7) is 13.5. The second-order valence-corrected chi connectivity index (χ2v) is 6.85. The van der Waals surface area contributed by atoms with Crippen LogP contribution in [-0.4, -0.2) is 40.6 Å². The molecule has 0 aromatic carbocycles. The molecule has 1 saturated carbocycles. The van der Waals surface area contributed by atoms with E-state index >= 15 is 0 Å². The van der Waals surface area contributed by atoms with Gasteiger partial charge in [-0.2, -0.15) is 0 Å². The normalized spacial score (nSPS) is 25.7. The Hall–Kier alpha value is -1.27. The molecule has 0 aromatic heterocycles. The van der Waals surface area contributed by atoms with Crippen molar-refractivity contribution in [1.82, 2.24) is 4.90 Å². The third-order valence-corrected chi connectivity index (χ3v) is 3.88. The minimum absolute atomic E-state index is 0.179. The fraction of sp³-hybridized carbons (Fsp3) is 0.850. The Labute approximate surface area is 158 Å². The zero-order valence-electron chi connectivity index (χ0n) is 17.6. The number of likely N-dealkylation sites (tertiary alicyclic amines) is 1. The minimum atomic E-state index is -0.479. The summed E-state index contributed by atoms with van der Waals surface area (Å²) in [6.07, 6.45) is 7.37. The predicted octanol–water partition coefficient (Wildman–Crippen LogP) is 4.20. The number of fused-ring (bicyclic) bond motifs is 1. The Bertz CT molecular complexity index is 429. The number of ether oxygens (including phenoxy) is 2. The smallest absolute Gasteiger partial charge is 0.236 e. The highest BCUT2D eigenvalue weighted by molar-refractivity contribution is 6.14. The largest absolute Gasteiger partial charge is 0.345 e. The molecule has 26 heavy (non-hydrogen) atoms. The van der Waals surface area contributed by atoms with E-state index in [4.69, 9.17) is 9.47 Å². The number of carbonyl (C=O) groups excluding carboxylic acids is 3. The van der Waals surface area contributed by atoms with Crippen molar-refractivity contribution in [2.24, 2.45) is 0 Å². The van der Waals surface area contributed by atoms with E-state index in [1.165, 1.54) is 39.0 Å². The summed E-state index contributed by atoms with van der Waals surface area (Å²) in [5.74, 6) is -1.55. The molecule has 3 fully saturated rings. The van der Waals surface area contributed by atoms with Crippen molar-refractivity contribution in [2.75, 3.05) is 0 Å². The SMILES string of the molecule is CC.CC(=O)N1C(=O)CCC1=O.CC1(C)OC2CCCCC2O1.CCC. The zero-order chi connectivity index (χ0) is 20.3. The highest BCUT2D eigenvalue weighted by Crippen LogP contribution is 2.36. The van der Waals surface area contributed by atoms with Gasteiger partial charge in [0.2, 0.25) is 17.7 Å². The van der Waals surface area contributed by atoms with Crippen LogP contribution in [0, 0.1) is 0 Å². The second kappa shape index (κ2) is 12.2. The van der Waals surface area contributed by atoms with Gasteiger partial charge >= 0.3 is 0 Å². The third-order valence-electron chi connectivity index (χ3n) is 3.88. The van der Waals surface area contributed by atoms with Crippen LogP contribution in [0.5, 0.6) is 0 Å². The molecule has 2 atom stereocenters. The molecule has 0 aromatic rings. The van der Waals surface area contributed by atoms with Gasteiger partial charge in [-0.15, -0.1) is 0 Å². The van der Waals surface area contributed by atoms with Crippen LogP contribution < -0.4 is 0 Å². The molecule has 6 nitrogen and oxygen atoms in total. The number of amides is 3. The predicted molar refractivity (Wildman–Crippen MR) is 101 cm³/mol. The van der Waals surface area contributed by atoms with Gasteiger partial charge in [0, 0.05) is 19.8 Å².